The summed E-state index contributed by atoms with van der Waals surface area (Å²) in [7, 11) is 0.871. The molecule has 0 aromatic carbocycles. The molecule has 0 fully saturated rings. The molecule has 0 rings (SSSR count). The third-order valence-electron chi connectivity index (χ3n) is 0.859. The van der Waals surface area contributed by atoms with E-state index in [-0.39, 0.29) is 0 Å². The van der Waals surface area contributed by atoms with E-state index in [2.05, 4.69) is 13.2 Å². The largest absolute Gasteiger partial charge is 0.416 e. The Morgan fingerprint density at radius 2 is 2.43 bits per heavy atom. The van der Waals surface area contributed by atoms with Gasteiger partial charge in [0.15, 0.2) is 0 Å². The van der Waals surface area contributed by atoms with Crippen LogP contribution in [0.5, 0.6) is 0 Å². The third kappa shape index (κ3) is 3.14. The van der Waals surface area contributed by atoms with Gasteiger partial charge in [0.1, 0.15) is 10.5 Å². The van der Waals surface area contributed by atoms with Gasteiger partial charge >= 0.3 is 0 Å². The van der Waals surface area contributed by atoms with Gasteiger partial charge in [-0.3, -0.25) is 0 Å². The summed E-state index contributed by atoms with van der Waals surface area (Å²) in [5, 5.41) is 0. The Balaban J connectivity index is 2.99. The second kappa shape index (κ2) is 4.68. The van der Waals surface area contributed by atoms with Crippen LogP contribution in [-0.4, -0.2) is 22.2 Å². The molecule has 0 saturated heterocycles. The average Bonchev–Trinajstić information content (AvgIpc) is 1.72. The van der Waals surface area contributed by atoms with Gasteiger partial charge in [-0.25, -0.2) is 0 Å². The monoisotopic (exact) mass is 136 g/mol. The zero-order valence-corrected chi connectivity index (χ0v) is 7.92. The molecule has 0 amide bonds. The van der Waals surface area contributed by atoms with Crippen molar-refractivity contribution in [2.75, 3.05) is 6.26 Å². The first-order chi connectivity index (χ1) is 3.35. The van der Waals surface area contributed by atoms with Gasteiger partial charge in [0.2, 0.25) is 0 Å². The number of hydrogen-bond donors (Lipinski definition) is 0. The lowest BCUT2D eigenvalue weighted by Gasteiger charge is -2.07. The fourth-order valence-corrected chi connectivity index (χ4v) is 1.87. The van der Waals surface area contributed by atoms with E-state index in [0.717, 1.165) is 16.9 Å². The Morgan fingerprint density at radius 1 is 1.86 bits per heavy atom. The first-order valence-electron chi connectivity index (χ1n) is 2.40. The molecule has 0 N–H and O–H groups in total. The number of thioether (sulfide) groups is 1. The van der Waals surface area contributed by atoms with E-state index in [9.17, 15) is 0 Å². The normalized spacial score (nSPS) is 14.6. The summed E-state index contributed by atoms with van der Waals surface area (Å²) in [6.45, 7) is 2.14. The highest BCUT2D eigenvalue weighted by Gasteiger charge is 1.95. The smallest absolute Gasteiger partial charge is 0.147 e. The molecule has 0 aliphatic heterocycles. The molecule has 0 bridgehead atoms. The van der Waals surface area contributed by atoms with E-state index < -0.39 is 0 Å². The van der Waals surface area contributed by atoms with Crippen LogP contribution in [-0.2, 0) is 4.43 Å². The number of hydrogen-bond acceptors (Lipinski definition) is 2. The summed E-state index contributed by atoms with van der Waals surface area (Å²) >= 11 is 1.78. The molecule has 0 saturated carbocycles. The van der Waals surface area contributed by atoms with Gasteiger partial charge in [-0.05, 0) is 12.7 Å². The molecular weight excluding hydrogens is 124 g/mol. The lowest BCUT2D eigenvalue weighted by atomic mass is 10.5. The van der Waals surface area contributed by atoms with Crippen LogP contribution >= 0.6 is 11.8 Å². The highest BCUT2D eigenvalue weighted by molar-refractivity contribution is 7.99. The van der Waals surface area contributed by atoms with Crippen LogP contribution in [0.15, 0.2) is 0 Å². The zero-order valence-electron chi connectivity index (χ0n) is 5.10. The van der Waals surface area contributed by atoms with Crippen molar-refractivity contribution < 1.29 is 4.43 Å². The first kappa shape index (κ1) is 7.53. The summed E-state index contributed by atoms with van der Waals surface area (Å²) in [6.07, 6.45) is 3.21. The highest BCUT2D eigenvalue weighted by atomic mass is 32.2. The minimum atomic E-state index is 0.465. The van der Waals surface area contributed by atoms with E-state index in [0.29, 0.717) is 5.44 Å². The van der Waals surface area contributed by atoms with Gasteiger partial charge in [-0.1, -0.05) is 6.92 Å². The van der Waals surface area contributed by atoms with Crippen LogP contribution < -0.4 is 0 Å². The molecule has 1 atom stereocenters. The molecule has 0 aliphatic rings. The molecule has 44 valence electrons. The molecule has 7 heavy (non-hydrogen) atoms. The van der Waals surface area contributed by atoms with Crippen LogP contribution in [0.25, 0.3) is 0 Å². The van der Waals surface area contributed by atoms with Crippen molar-refractivity contribution in [3.8, 4) is 0 Å². The maximum atomic E-state index is 5.15. The standard InChI is InChI=1S/C4H12OSSi/c1-3-4(5-7)6-2/h4H,3H2,1-2,7H3. The van der Waals surface area contributed by atoms with Gasteiger partial charge in [-0.15, -0.1) is 11.8 Å². The van der Waals surface area contributed by atoms with Gasteiger partial charge in [0, 0.05) is 0 Å². The van der Waals surface area contributed by atoms with Gasteiger partial charge in [0.05, 0.1) is 5.44 Å². The third-order valence-corrected chi connectivity index (χ3v) is 2.82. The molecule has 0 spiro atoms. The lowest BCUT2D eigenvalue weighted by Crippen LogP contribution is -2.02. The van der Waals surface area contributed by atoms with Crippen molar-refractivity contribution >= 4 is 22.2 Å². The van der Waals surface area contributed by atoms with Crippen molar-refractivity contribution in [3.63, 3.8) is 0 Å². The molecule has 0 aliphatic carbocycles. The predicted molar refractivity (Wildman–Crippen MR) is 38.6 cm³/mol. The Labute approximate surface area is 52.4 Å². The predicted octanol–water partition coefficient (Wildman–Crippen LogP) is 0.382. The number of rotatable bonds is 3. The van der Waals surface area contributed by atoms with E-state index in [1.807, 2.05) is 0 Å². The molecule has 1 nitrogen and oxygen atoms in total. The summed E-state index contributed by atoms with van der Waals surface area (Å²) in [6, 6.07) is 0. The van der Waals surface area contributed by atoms with Crippen LogP contribution in [0.3, 0.4) is 0 Å². The van der Waals surface area contributed by atoms with Crippen molar-refractivity contribution in [1.29, 1.82) is 0 Å². The average molecular weight is 136 g/mol. The summed E-state index contributed by atoms with van der Waals surface area (Å²) < 4.78 is 5.15. The van der Waals surface area contributed by atoms with E-state index >= 15 is 0 Å². The lowest BCUT2D eigenvalue weighted by molar-refractivity contribution is 0.313. The van der Waals surface area contributed by atoms with Gasteiger partial charge < -0.3 is 4.43 Å². The maximum absolute atomic E-state index is 5.15. The molecule has 0 aromatic rings. The fraction of sp³-hybridized carbons (Fsp3) is 1.00. The summed E-state index contributed by atoms with van der Waals surface area (Å²) in [5.41, 5.74) is 0.465. The topological polar surface area (TPSA) is 9.23 Å². The van der Waals surface area contributed by atoms with Crippen molar-refractivity contribution in [1.82, 2.24) is 0 Å². The van der Waals surface area contributed by atoms with E-state index in [1.165, 1.54) is 0 Å². The molecule has 3 heteroatoms. The summed E-state index contributed by atoms with van der Waals surface area (Å²) in [5.74, 6) is 0. The van der Waals surface area contributed by atoms with Crippen LogP contribution in [0, 0.1) is 0 Å². The molecule has 0 aromatic heterocycles. The SMILES string of the molecule is CCC(O[SiH3])SC. The zero-order chi connectivity index (χ0) is 5.70. The molecular formula is C4H12OSSi. The quantitative estimate of drug-likeness (QED) is 0.410. The van der Waals surface area contributed by atoms with Crippen molar-refractivity contribution in [3.05, 3.63) is 0 Å². The van der Waals surface area contributed by atoms with Gasteiger partial charge in [0.25, 0.3) is 0 Å². The van der Waals surface area contributed by atoms with Crippen molar-refractivity contribution in [2.24, 2.45) is 0 Å². The highest BCUT2D eigenvalue weighted by Crippen LogP contribution is 2.08. The summed E-state index contributed by atoms with van der Waals surface area (Å²) in [4.78, 5) is 0. The minimum Gasteiger partial charge on any atom is -0.416 e. The Bertz CT molecular complexity index is 33.2. The van der Waals surface area contributed by atoms with Crippen LogP contribution in [0.4, 0.5) is 0 Å². The van der Waals surface area contributed by atoms with E-state index in [1.54, 1.807) is 11.8 Å². The van der Waals surface area contributed by atoms with Gasteiger partial charge in [-0.2, -0.15) is 0 Å². The fourth-order valence-electron chi connectivity index (χ4n) is 0.430. The molecule has 1 unspecified atom stereocenters. The molecule has 0 radical (unpaired) electrons. The Morgan fingerprint density at radius 3 is 2.43 bits per heavy atom. The first-order valence-corrected chi connectivity index (χ1v) is 4.51. The second-order valence-corrected chi connectivity index (χ2v) is 2.78. The van der Waals surface area contributed by atoms with Crippen LogP contribution in [0.1, 0.15) is 13.3 Å². The van der Waals surface area contributed by atoms with Crippen LogP contribution in [0.2, 0.25) is 0 Å². The minimum absolute atomic E-state index is 0.465. The maximum Gasteiger partial charge on any atom is 0.147 e. The Hall–Kier alpha value is 0.527. The molecule has 0 heterocycles. The second-order valence-electron chi connectivity index (χ2n) is 1.31. The van der Waals surface area contributed by atoms with Crippen molar-refractivity contribution in [2.45, 2.75) is 18.8 Å². The van der Waals surface area contributed by atoms with E-state index in [4.69, 9.17) is 4.43 Å². The Kier molecular flexibility index (Phi) is 5.03.